The molecule has 0 saturated carbocycles. The highest BCUT2D eigenvalue weighted by molar-refractivity contribution is 7.98. The molecule has 146 valence electrons. The number of halogens is 1. The summed E-state index contributed by atoms with van der Waals surface area (Å²) in [7, 11) is 0. The number of nitrogens with zero attached hydrogens (tertiary/aromatic N) is 2. The minimum Gasteiger partial charge on any atom is -0.267 e. The van der Waals surface area contributed by atoms with E-state index in [4.69, 9.17) is 11.6 Å². The number of rotatable bonds is 7. The van der Waals surface area contributed by atoms with Gasteiger partial charge in [0, 0.05) is 38.9 Å². The van der Waals surface area contributed by atoms with E-state index in [0.29, 0.717) is 16.1 Å². The van der Waals surface area contributed by atoms with E-state index in [0.717, 1.165) is 16.2 Å². The standard InChI is InChI=1S/C21H16ClN3O3S/c22-18-8-10-20(11-9-18)29-14-15-4-6-17(7-5-15)21(26)24-23-13-16-2-1-3-19(12-16)25(27)28/h1-13H,14H2,(H,24,26)/b23-13-. The van der Waals surface area contributed by atoms with Crippen LogP contribution in [0.15, 0.2) is 82.8 Å². The van der Waals surface area contributed by atoms with Crippen molar-refractivity contribution in [2.45, 2.75) is 10.6 Å². The van der Waals surface area contributed by atoms with Crippen LogP contribution in [0.1, 0.15) is 21.5 Å². The van der Waals surface area contributed by atoms with E-state index < -0.39 is 4.92 Å². The summed E-state index contributed by atoms with van der Waals surface area (Å²) in [5, 5.41) is 15.3. The van der Waals surface area contributed by atoms with Crippen LogP contribution in [0, 0.1) is 10.1 Å². The molecule has 3 aromatic rings. The van der Waals surface area contributed by atoms with Gasteiger partial charge in [0.2, 0.25) is 0 Å². The number of hydrogen-bond donors (Lipinski definition) is 1. The Morgan fingerprint density at radius 3 is 2.52 bits per heavy atom. The van der Waals surface area contributed by atoms with E-state index in [9.17, 15) is 14.9 Å². The number of carbonyl (C=O) groups is 1. The number of nitro groups is 1. The molecule has 0 heterocycles. The average Bonchev–Trinajstić information content (AvgIpc) is 2.74. The van der Waals surface area contributed by atoms with E-state index in [1.807, 2.05) is 36.4 Å². The van der Waals surface area contributed by atoms with Crippen LogP contribution in [0.5, 0.6) is 0 Å². The second-order valence-electron chi connectivity index (χ2n) is 5.99. The normalized spacial score (nSPS) is 10.8. The summed E-state index contributed by atoms with van der Waals surface area (Å²) in [6.45, 7) is 0. The summed E-state index contributed by atoms with van der Waals surface area (Å²) in [5.41, 5.74) is 4.47. The number of hydrazone groups is 1. The minimum absolute atomic E-state index is 0.0349. The molecule has 0 saturated heterocycles. The topological polar surface area (TPSA) is 84.6 Å². The lowest BCUT2D eigenvalue weighted by molar-refractivity contribution is -0.384. The molecule has 3 rings (SSSR count). The lowest BCUT2D eigenvalue weighted by Crippen LogP contribution is -2.17. The van der Waals surface area contributed by atoms with E-state index in [1.165, 1.54) is 18.3 Å². The highest BCUT2D eigenvalue weighted by Gasteiger charge is 2.06. The average molecular weight is 426 g/mol. The molecule has 1 N–H and O–H groups in total. The van der Waals surface area contributed by atoms with Gasteiger partial charge in [0.1, 0.15) is 0 Å². The number of benzene rings is 3. The van der Waals surface area contributed by atoms with Crippen LogP contribution in [-0.2, 0) is 5.75 Å². The van der Waals surface area contributed by atoms with Crippen LogP contribution in [0.3, 0.4) is 0 Å². The molecular weight excluding hydrogens is 410 g/mol. The number of nitrogens with one attached hydrogen (secondary N) is 1. The Kier molecular flexibility index (Phi) is 6.99. The molecule has 8 heteroatoms. The van der Waals surface area contributed by atoms with Crippen molar-refractivity contribution in [3.63, 3.8) is 0 Å². The Labute approximate surface area is 176 Å². The molecule has 0 atom stereocenters. The van der Waals surface area contributed by atoms with Crippen molar-refractivity contribution in [3.8, 4) is 0 Å². The molecule has 0 aliphatic carbocycles. The molecule has 6 nitrogen and oxygen atoms in total. The fourth-order valence-corrected chi connectivity index (χ4v) is 3.38. The number of nitro benzene ring substituents is 1. The van der Waals surface area contributed by atoms with Gasteiger partial charge in [-0.3, -0.25) is 14.9 Å². The number of non-ortho nitro benzene ring substituents is 1. The van der Waals surface area contributed by atoms with E-state index in [1.54, 1.807) is 36.0 Å². The SMILES string of the molecule is O=C(N/N=C\c1cccc([N+](=O)[O-])c1)c1ccc(CSc2ccc(Cl)cc2)cc1. The van der Waals surface area contributed by atoms with Gasteiger partial charge in [0.05, 0.1) is 11.1 Å². The fraction of sp³-hybridized carbons (Fsp3) is 0.0476. The Morgan fingerprint density at radius 1 is 1.10 bits per heavy atom. The van der Waals surface area contributed by atoms with Crippen molar-refractivity contribution in [1.29, 1.82) is 0 Å². The summed E-state index contributed by atoms with van der Waals surface area (Å²) >= 11 is 7.56. The molecule has 0 aliphatic heterocycles. The molecule has 0 bridgehead atoms. The molecule has 0 spiro atoms. The van der Waals surface area contributed by atoms with E-state index >= 15 is 0 Å². The van der Waals surface area contributed by atoms with E-state index in [-0.39, 0.29) is 11.6 Å². The lowest BCUT2D eigenvalue weighted by Gasteiger charge is -2.04. The Balaban J connectivity index is 1.54. The van der Waals surface area contributed by atoms with Crippen molar-refractivity contribution in [3.05, 3.63) is 105 Å². The third kappa shape index (κ3) is 6.17. The van der Waals surface area contributed by atoms with Crippen LogP contribution in [0.4, 0.5) is 5.69 Å². The van der Waals surface area contributed by atoms with Crippen molar-refractivity contribution in [2.75, 3.05) is 0 Å². The smallest absolute Gasteiger partial charge is 0.267 e. The first-order valence-electron chi connectivity index (χ1n) is 8.56. The molecule has 0 unspecified atom stereocenters. The Morgan fingerprint density at radius 2 is 1.83 bits per heavy atom. The predicted molar refractivity (Wildman–Crippen MR) is 116 cm³/mol. The zero-order valence-corrected chi connectivity index (χ0v) is 16.7. The van der Waals surface area contributed by atoms with Crippen LogP contribution in [0.25, 0.3) is 0 Å². The quantitative estimate of drug-likeness (QED) is 0.241. The second kappa shape index (κ2) is 9.86. The molecular formula is C21H16ClN3O3S. The maximum absolute atomic E-state index is 12.2. The summed E-state index contributed by atoms with van der Waals surface area (Å²) < 4.78 is 0. The van der Waals surface area contributed by atoms with Gasteiger partial charge < -0.3 is 0 Å². The van der Waals surface area contributed by atoms with Gasteiger partial charge in [-0.15, -0.1) is 11.8 Å². The molecule has 0 aliphatic rings. The molecule has 1 amide bonds. The van der Waals surface area contributed by atoms with Gasteiger partial charge in [-0.2, -0.15) is 5.10 Å². The highest BCUT2D eigenvalue weighted by atomic mass is 35.5. The molecule has 0 fully saturated rings. The monoisotopic (exact) mass is 425 g/mol. The largest absolute Gasteiger partial charge is 0.271 e. The molecule has 3 aromatic carbocycles. The fourth-order valence-electron chi connectivity index (χ4n) is 2.40. The van der Waals surface area contributed by atoms with Crippen LogP contribution >= 0.6 is 23.4 Å². The first kappa shape index (κ1) is 20.6. The molecule has 29 heavy (non-hydrogen) atoms. The lowest BCUT2D eigenvalue weighted by atomic mass is 10.1. The van der Waals surface area contributed by atoms with Gasteiger partial charge in [-0.25, -0.2) is 5.43 Å². The van der Waals surface area contributed by atoms with Gasteiger partial charge >= 0.3 is 0 Å². The number of carbonyl (C=O) groups excluding carboxylic acids is 1. The zero-order chi connectivity index (χ0) is 20.6. The maximum atomic E-state index is 12.2. The number of amides is 1. The Bertz CT molecular complexity index is 1040. The minimum atomic E-state index is -0.483. The van der Waals surface area contributed by atoms with Crippen LogP contribution in [0.2, 0.25) is 5.02 Å². The maximum Gasteiger partial charge on any atom is 0.271 e. The van der Waals surface area contributed by atoms with Crippen molar-refractivity contribution >= 4 is 41.2 Å². The first-order chi connectivity index (χ1) is 14.0. The van der Waals surface area contributed by atoms with Crippen molar-refractivity contribution in [1.82, 2.24) is 5.43 Å². The summed E-state index contributed by atoms with van der Waals surface area (Å²) in [4.78, 5) is 23.6. The summed E-state index contributed by atoms with van der Waals surface area (Å²) in [5.74, 6) is 0.415. The van der Waals surface area contributed by atoms with Gasteiger partial charge in [-0.05, 0) is 42.0 Å². The third-order valence-corrected chi connectivity index (χ3v) is 5.23. The third-order valence-electron chi connectivity index (χ3n) is 3.90. The molecule has 0 aromatic heterocycles. The van der Waals surface area contributed by atoms with Gasteiger partial charge in [0.25, 0.3) is 11.6 Å². The van der Waals surface area contributed by atoms with Crippen LogP contribution < -0.4 is 5.43 Å². The van der Waals surface area contributed by atoms with Gasteiger partial charge in [0.15, 0.2) is 0 Å². The summed E-state index contributed by atoms with van der Waals surface area (Å²) in [6.07, 6.45) is 1.36. The number of thioether (sulfide) groups is 1. The van der Waals surface area contributed by atoms with Gasteiger partial charge in [-0.1, -0.05) is 35.9 Å². The van der Waals surface area contributed by atoms with Crippen molar-refractivity contribution < 1.29 is 9.72 Å². The van der Waals surface area contributed by atoms with Crippen LogP contribution in [-0.4, -0.2) is 17.0 Å². The first-order valence-corrected chi connectivity index (χ1v) is 9.93. The summed E-state index contributed by atoms with van der Waals surface area (Å²) in [6, 6.07) is 20.9. The Hall–Kier alpha value is -3.16. The molecule has 0 radical (unpaired) electrons. The van der Waals surface area contributed by atoms with Crippen molar-refractivity contribution in [2.24, 2.45) is 5.10 Å². The zero-order valence-electron chi connectivity index (χ0n) is 15.1. The van der Waals surface area contributed by atoms with E-state index in [2.05, 4.69) is 10.5 Å². The number of hydrogen-bond acceptors (Lipinski definition) is 5. The highest BCUT2D eigenvalue weighted by Crippen LogP contribution is 2.24. The second-order valence-corrected chi connectivity index (χ2v) is 7.48. The predicted octanol–water partition coefficient (Wildman–Crippen LogP) is 5.30.